The Hall–Kier alpha value is -0.570. The van der Waals surface area contributed by atoms with Crippen molar-refractivity contribution in [2.24, 2.45) is 23.7 Å². The van der Waals surface area contributed by atoms with Crippen molar-refractivity contribution in [3.8, 4) is 0 Å². The number of allylic oxidation sites excluding steroid dienone is 4. The molecule has 0 saturated heterocycles. The van der Waals surface area contributed by atoms with E-state index in [1.165, 1.54) is 44.9 Å². The molecule has 1 aromatic rings. The molecule has 1 fully saturated rings. The molecule has 0 nitrogen and oxygen atoms in total. The van der Waals surface area contributed by atoms with E-state index in [9.17, 15) is 0 Å². The zero-order valence-electron chi connectivity index (χ0n) is 16.2. The summed E-state index contributed by atoms with van der Waals surface area (Å²) in [4.78, 5) is 0. The second-order valence-corrected chi connectivity index (χ2v) is 11.5. The SMILES string of the molecule is CC1(C)c2ccccc2C2=CCC(C3=CC4CCC(I)C[C@@H]4CC3)CC21. The molecule has 5 rings (SSSR count). The standard InChI is InChI=1S/C25H31I/c1-25(2)23-6-4-3-5-21(23)22-12-10-19(15-24(22)25)16-7-8-18-14-20(26)11-9-17(18)13-16/h3-6,12-13,17-20,24H,7-11,14-15H2,1-2H3/t17?,18-,19?,20?,24?/m0/s1. The number of fused-ring (bicyclic) bond motifs is 4. The molecule has 1 aromatic carbocycles. The minimum absolute atomic E-state index is 0.290. The minimum Gasteiger partial charge on any atom is -0.0826 e. The van der Waals surface area contributed by atoms with Crippen LogP contribution in [0.4, 0.5) is 0 Å². The number of halogens is 1. The molecule has 4 aliphatic carbocycles. The molecule has 0 spiro atoms. The average Bonchev–Trinajstić information content (AvgIpc) is 2.89. The van der Waals surface area contributed by atoms with Gasteiger partial charge in [0.25, 0.3) is 0 Å². The zero-order valence-corrected chi connectivity index (χ0v) is 18.3. The first-order valence-corrected chi connectivity index (χ1v) is 11.9. The van der Waals surface area contributed by atoms with Gasteiger partial charge in [0, 0.05) is 3.92 Å². The monoisotopic (exact) mass is 458 g/mol. The molecule has 0 amide bonds. The summed E-state index contributed by atoms with van der Waals surface area (Å²) in [7, 11) is 0. The van der Waals surface area contributed by atoms with Crippen molar-refractivity contribution in [3.05, 3.63) is 53.1 Å². The predicted octanol–water partition coefficient (Wildman–Crippen LogP) is 7.33. The molecule has 0 radical (unpaired) electrons. The van der Waals surface area contributed by atoms with E-state index < -0.39 is 0 Å². The van der Waals surface area contributed by atoms with Crippen molar-refractivity contribution in [3.63, 3.8) is 0 Å². The fourth-order valence-corrected chi connectivity index (χ4v) is 7.53. The van der Waals surface area contributed by atoms with Gasteiger partial charge in [-0.15, -0.1) is 0 Å². The average molecular weight is 458 g/mol. The zero-order chi connectivity index (χ0) is 17.9. The Morgan fingerprint density at radius 3 is 2.77 bits per heavy atom. The Morgan fingerprint density at radius 2 is 1.88 bits per heavy atom. The van der Waals surface area contributed by atoms with Crippen molar-refractivity contribution in [2.75, 3.05) is 0 Å². The molecule has 1 heteroatoms. The molecule has 4 aliphatic rings. The van der Waals surface area contributed by atoms with Crippen LogP contribution in [-0.2, 0) is 5.41 Å². The van der Waals surface area contributed by atoms with E-state index >= 15 is 0 Å². The van der Waals surface area contributed by atoms with Crippen molar-refractivity contribution in [1.29, 1.82) is 0 Å². The van der Waals surface area contributed by atoms with Crippen LogP contribution in [0, 0.1) is 23.7 Å². The summed E-state index contributed by atoms with van der Waals surface area (Å²) in [5.41, 5.74) is 6.88. The Balaban J connectivity index is 1.40. The highest BCUT2D eigenvalue weighted by Gasteiger charge is 2.45. The molecule has 0 heterocycles. The predicted molar refractivity (Wildman–Crippen MR) is 120 cm³/mol. The lowest BCUT2D eigenvalue weighted by atomic mass is 9.65. The van der Waals surface area contributed by atoms with E-state index in [2.05, 4.69) is 72.9 Å². The van der Waals surface area contributed by atoms with Gasteiger partial charge in [-0.3, -0.25) is 0 Å². The number of hydrogen-bond donors (Lipinski definition) is 0. The van der Waals surface area contributed by atoms with Gasteiger partial charge in [0.1, 0.15) is 0 Å². The van der Waals surface area contributed by atoms with Gasteiger partial charge in [-0.1, -0.05) is 78.4 Å². The van der Waals surface area contributed by atoms with Gasteiger partial charge in [-0.2, -0.15) is 0 Å². The first kappa shape index (κ1) is 17.5. The quantitative estimate of drug-likeness (QED) is 0.235. The van der Waals surface area contributed by atoms with Crippen molar-refractivity contribution >= 4 is 28.2 Å². The second-order valence-electron chi connectivity index (χ2n) is 9.76. The molecule has 0 N–H and O–H groups in total. The summed E-state index contributed by atoms with van der Waals surface area (Å²) in [6, 6.07) is 9.17. The molecular formula is C25H31I. The highest BCUT2D eigenvalue weighted by molar-refractivity contribution is 14.1. The van der Waals surface area contributed by atoms with Crippen molar-refractivity contribution in [1.82, 2.24) is 0 Å². The van der Waals surface area contributed by atoms with Gasteiger partial charge in [0.2, 0.25) is 0 Å². The van der Waals surface area contributed by atoms with Gasteiger partial charge in [-0.05, 0) is 90.7 Å². The Kier molecular flexibility index (Phi) is 4.38. The first-order chi connectivity index (χ1) is 12.5. The van der Waals surface area contributed by atoms with Crippen LogP contribution in [0.15, 0.2) is 42.0 Å². The van der Waals surface area contributed by atoms with E-state index in [-0.39, 0.29) is 5.41 Å². The number of alkyl halides is 1. The summed E-state index contributed by atoms with van der Waals surface area (Å²) >= 11 is 2.69. The van der Waals surface area contributed by atoms with Gasteiger partial charge in [0.15, 0.2) is 0 Å². The summed E-state index contributed by atoms with van der Waals surface area (Å²) in [6.07, 6.45) is 15.2. The van der Waals surface area contributed by atoms with E-state index in [1.54, 1.807) is 16.7 Å². The maximum Gasteiger partial charge on any atom is 0.0113 e. The van der Waals surface area contributed by atoms with Crippen LogP contribution in [0.2, 0.25) is 0 Å². The van der Waals surface area contributed by atoms with Crippen LogP contribution in [0.5, 0.6) is 0 Å². The molecule has 5 atom stereocenters. The van der Waals surface area contributed by atoms with Crippen LogP contribution in [0.1, 0.15) is 69.9 Å². The minimum atomic E-state index is 0.290. The third-order valence-corrected chi connectivity index (χ3v) is 9.19. The van der Waals surface area contributed by atoms with Crippen LogP contribution < -0.4 is 0 Å². The Labute approximate surface area is 172 Å². The number of rotatable bonds is 1. The van der Waals surface area contributed by atoms with Gasteiger partial charge >= 0.3 is 0 Å². The second kappa shape index (κ2) is 6.50. The lowest BCUT2D eigenvalue weighted by Crippen LogP contribution is -2.31. The van der Waals surface area contributed by atoms with Gasteiger partial charge < -0.3 is 0 Å². The van der Waals surface area contributed by atoms with E-state index in [0.29, 0.717) is 5.92 Å². The fourth-order valence-electron chi connectivity index (χ4n) is 6.52. The topological polar surface area (TPSA) is 0 Å². The summed E-state index contributed by atoms with van der Waals surface area (Å²) in [6.45, 7) is 4.96. The molecule has 4 unspecified atom stereocenters. The maximum absolute atomic E-state index is 2.76. The van der Waals surface area contributed by atoms with E-state index in [0.717, 1.165) is 21.7 Å². The molecule has 0 bridgehead atoms. The van der Waals surface area contributed by atoms with E-state index in [4.69, 9.17) is 0 Å². The third-order valence-electron chi connectivity index (χ3n) is 8.05. The lowest BCUT2D eigenvalue weighted by molar-refractivity contribution is 0.252. The molecule has 138 valence electrons. The summed E-state index contributed by atoms with van der Waals surface area (Å²) < 4.78 is 0.932. The van der Waals surface area contributed by atoms with Crippen LogP contribution in [0.3, 0.4) is 0 Å². The molecule has 0 aliphatic heterocycles. The third kappa shape index (κ3) is 2.75. The Morgan fingerprint density at radius 1 is 1.04 bits per heavy atom. The Bertz CT molecular complexity index is 768. The van der Waals surface area contributed by atoms with Crippen molar-refractivity contribution in [2.45, 2.75) is 68.1 Å². The highest BCUT2D eigenvalue weighted by atomic mass is 127. The molecule has 26 heavy (non-hydrogen) atoms. The van der Waals surface area contributed by atoms with E-state index in [1.807, 2.05) is 5.57 Å². The van der Waals surface area contributed by atoms with Gasteiger partial charge in [0.05, 0.1) is 0 Å². The normalized spacial score (nSPS) is 37.9. The summed E-state index contributed by atoms with van der Waals surface area (Å²) in [5, 5.41) is 0. The first-order valence-electron chi connectivity index (χ1n) is 10.7. The van der Waals surface area contributed by atoms with Crippen LogP contribution in [0.25, 0.3) is 5.57 Å². The number of hydrogen-bond acceptors (Lipinski definition) is 0. The molecule has 1 saturated carbocycles. The van der Waals surface area contributed by atoms with Crippen LogP contribution in [-0.4, -0.2) is 3.92 Å². The smallest absolute Gasteiger partial charge is 0.0113 e. The van der Waals surface area contributed by atoms with Gasteiger partial charge in [-0.25, -0.2) is 0 Å². The maximum atomic E-state index is 2.76. The summed E-state index contributed by atoms with van der Waals surface area (Å²) in [5.74, 6) is 3.39. The largest absolute Gasteiger partial charge is 0.0826 e. The number of benzene rings is 1. The lowest BCUT2D eigenvalue weighted by Gasteiger charge is -2.40. The fraction of sp³-hybridized carbons (Fsp3) is 0.600. The molecule has 0 aromatic heterocycles. The van der Waals surface area contributed by atoms with Crippen LogP contribution >= 0.6 is 22.6 Å². The molecular weight excluding hydrogens is 427 g/mol. The van der Waals surface area contributed by atoms with Crippen molar-refractivity contribution < 1.29 is 0 Å². The highest BCUT2D eigenvalue weighted by Crippen LogP contribution is 2.56.